The van der Waals surface area contributed by atoms with E-state index in [9.17, 15) is 4.79 Å². The molecule has 14 heavy (non-hydrogen) atoms. The molecule has 82 valence electrons. The van der Waals surface area contributed by atoms with Crippen LogP contribution in [0.3, 0.4) is 0 Å². The van der Waals surface area contributed by atoms with Crippen LogP contribution in [-0.4, -0.2) is 23.2 Å². The molecule has 1 rings (SSSR count). The maximum Gasteiger partial charge on any atom is 0.323 e. The van der Waals surface area contributed by atoms with Gasteiger partial charge >= 0.3 is 5.97 Å². The van der Waals surface area contributed by atoms with E-state index in [4.69, 9.17) is 5.11 Å². The van der Waals surface area contributed by atoms with Gasteiger partial charge in [-0.15, -0.1) is 0 Å². The summed E-state index contributed by atoms with van der Waals surface area (Å²) >= 11 is 0. The molecule has 0 aliphatic heterocycles. The first-order chi connectivity index (χ1) is 6.58. The molecule has 0 aromatic rings. The Bertz CT molecular complexity index is 199. The van der Waals surface area contributed by atoms with Gasteiger partial charge in [0.05, 0.1) is 0 Å². The van der Waals surface area contributed by atoms with Gasteiger partial charge in [-0.2, -0.15) is 0 Å². The summed E-state index contributed by atoms with van der Waals surface area (Å²) < 4.78 is 0. The van der Waals surface area contributed by atoms with Crippen LogP contribution < -0.4 is 5.32 Å². The van der Waals surface area contributed by atoms with Crippen molar-refractivity contribution in [3.05, 3.63) is 0 Å². The lowest BCUT2D eigenvalue weighted by Crippen LogP contribution is -2.50. The van der Waals surface area contributed by atoms with Gasteiger partial charge in [0.1, 0.15) is 5.54 Å². The molecule has 2 N–H and O–H groups in total. The number of carbonyl (C=O) groups is 1. The van der Waals surface area contributed by atoms with E-state index in [2.05, 4.69) is 5.32 Å². The number of hydrogen-bond donors (Lipinski definition) is 2. The van der Waals surface area contributed by atoms with Crippen molar-refractivity contribution in [3.63, 3.8) is 0 Å². The zero-order valence-corrected chi connectivity index (χ0v) is 9.18. The molecule has 1 saturated carbocycles. The lowest BCUT2D eigenvalue weighted by Gasteiger charge is -2.26. The third-order valence-electron chi connectivity index (χ3n) is 3.43. The molecule has 3 nitrogen and oxygen atoms in total. The lowest BCUT2D eigenvalue weighted by molar-refractivity contribution is -0.144. The van der Waals surface area contributed by atoms with E-state index in [0.29, 0.717) is 12.3 Å². The van der Waals surface area contributed by atoms with E-state index in [1.165, 1.54) is 25.7 Å². The minimum atomic E-state index is -0.738. The van der Waals surface area contributed by atoms with Gasteiger partial charge < -0.3 is 10.4 Å². The highest BCUT2D eigenvalue weighted by Crippen LogP contribution is 2.24. The molecule has 0 radical (unpaired) electrons. The zero-order valence-electron chi connectivity index (χ0n) is 9.18. The van der Waals surface area contributed by atoms with Crippen molar-refractivity contribution in [2.75, 3.05) is 6.54 Å². The maximum atomic E-state index is 11.0. The fraction of sp³-hybridized carbons (Fsp3) is 0.909. The van der Waals surface area contributed by atoms with Crippen molar-refractivity contribution in [1.29, 1.82) is 0 Å². The molecule has 3 heteroatoms. The molecule has 1 fully saturated rings. The molecule has 0 aromatic heterocycles. The second-order valence-corrected chi connectivity index (χ2v) is 4.52. The zero-order chi connectivity index (χ0) is 10.6. The molecular weight excluding hydrogens is 178 g/mol. The molecule has 0 aromatic carbocycles. The molecule has 0 saturated heterocycles. The van der Waals surface area contributed by atoms with E-state index >= 15 is 0 Å². The van der Waals surface area contributed by atoms with Crippen molar-refractivity contribution in [1.82, 2.24) is 5.32 Å². The quantitative estimate of drug-likeness (QED) is 0.712. The molecule has 1 atom stereocenters. The van der Waals surface area contributed by atoms with Gasteiger partial charge in [-0.25, -0.2) is 0 Å². The average molecular weight is 199 g/mol. The Labute approximate surface area is 85.9 Å². The van der Waals surface area contributed by atoms with Gasteiger partial charge in [-0.3, -0.25) is 4.79 Å². The van der Waals surface area contributed by atoms with Gasteiger partial charge in [0, 0.05) is 0 Å². The van der Waals surface area contributed by atoms with Gasteiger partial charge in [0.15, 0.2) is 0 Å². The normalized spacial score (nSPS) is 22.1. The Morgan fingerprint density at radius 1 is 1.50 bits per heavy atom. The van der Waals surface area contributed by atoms with Crippen molar-refractivity contribution < 1.29 is 9.90 Å². The summed E-state index contributed by atoms with van der Waals surface area (Å²) in [6, 6.07) is 0. The number of carboxylic acids is 1. The van der Waals surface area contributed by atoms with Gasteiger partial charge in [0.25, 0.3) is 0 Å². The van der Waals surface area contributed by atoms with E-state index in [0.717, 1.165) is 6.54 Å². The predicted octanol–water partition coefficient (Wildman–Crippen LogP) is 2.02. The molecule has 0 amide bonds. The molecule has 1 aliphatic rings. The van der Waals surface area contributed by atoms with E-state index in [1.54, 1.807) is 6.92 Å². The highest BCUT2D eigenvalue weighted by molar-refractivity contribution is 5.78. The second kappa shape index (κ2) is 4.78. The fourth-order valence-corrected chi connectivity index (χ4v) is 1.94. The maximum absolute atomic E-state index is 11.0. The van der Waals surface area contributed by atoms with Crippen LogP contribution in [-0.2, 0) is 4.79 Å². The van der Waals surface area contributed by atoms with Crippen LogP contribution in [0.2, 0.25) is 0 Å². The van der Waals surface area contributed by atoms with Crippen molar-refractivity contribution in [2.45, 2.75) is 51.5 Å². The summed E-state index contributed by atoms with van der Waals surface area (Å²) in [7, 11) is 0. The third-order valence-corrected chi connectivity index (χ3v) is 3.43. The first-order valence-corrected chi connectivity index (χ1v) is 5.57. The Morgan fingerprint density at radius 3 is 2.50 bits per heavy atom. The second-order valence-electron chi connectivity index (χ2n) is 4.52. The highest BCUT2D eigenvalue weighted by Gasteiger charge is 2.31. The van der Waals surface area contributed by atoms with Crippen LogP contribution in [0.15, 0.2) is 0 Å². The van der Waals surface area contributed by atoms with Crippen LogP contribution in [0.25, 0.3) is 0 Å². The van der Waals surface area contributed by atoms with Gasteiger partial charge in [-0.05, 0) is 38.6 Å². The SMILES string of the molecule is CCC(C)(NCC1CCCC1)C(=O)O. The molecule has 0 spiro atoms. The van der Waals surface area contributed by atoms with Crippen LogP contribution >= 0.6 is 0 Å². The summed E-state index contributed by atoms with van der Waals surface area (Å²) in [5.74, 6) is -0.0433. The largest absolute Gasteiger partial charge is 0.480 e. The number of carboxylic acid groups (broad SMARTS) is 1. The number of nitrogens with one attached hydrogen (secondary N) is 1. The number of hydrogen-bond acceptors (Lipinski definition) is 2. The Hall–Kier alpha value is -0.570. The van der Waals surface area contributed by atoms with Crippen LogP contribution in [0.1, 0.15) is 46.0 Å². The molecule has 0 heterocycles. The summed E-state index contributed by atoms with van der Waals surface area (Å²) in [6.45, 7) is 4.54. The van der Waals surface area contributed by atoms with E-state index in [-0.39, 0.29) is 0 Å². The first-order valence-electron chi connectivity index (χ1n) is 5.57. The molecular formula is C11H21NO2. The smallest absolute Gasteiger partial charge is 0.323 e. The van der Waals surface area contributed by atoms with Crippen LogP contribution in [0.4, 0.5) is 0 Å². The third kappa shape index (κ3) is 2.71. The van der Waals surface area contributed by atoms with Crippen molar-refractivity contribution in [3.8, 4) is 0 Å². The summed E-state index contributed by atoms with van der Waals surface area (Å²) in [6.07, 6.45) is 5.76. The number of rotatable bonds is 5. The summed E-state index contributed by atoms with van der Waals surface area (Å²) in [4.78, 5) is 11.0. The van der Waals surface area contributed by atoms with E-state index in [1.807, 2.05) is 6.92 Å². The Balaban J connectivity index is 2.36. The minimum absolute atomic E-state index is 0.634. The van der Waals surface area contributed by atoms with E-state index < -0.39 is 11.5 Å². The Kier molecular flexibility index (Phi) is 3.93. The fourth-order valence-electron chi connectivity index (χ4n) is 1.94. The molecule has 0 bridgehead atoms. The monoisotopic (exact) mass is 199 g/mol. The van der Waals surface area contributed by atoms with Crippen LogP contribution in [0.5, 0.6) is 0 Å². The predicted molar refractivity (Wildman–Crippen MR) is 56.3 cm³/mol. The Morgan fingerprint density at radius 2 is 2.07 bits per heavy atom. The minimum Gasteiger partial charge on any atom is -0.480 e. The summed E-state index contributed by atoms with van der Waals surface area (Å²) in [5.41, 5.74) is -0.734. The van der Waals surface area contributed by atoms with Crippen molar-refractivity contribution >= 4 is 5.97 Å². The van der Waals surface area contributed by atoms with Crippen molar-refractivity contribution in [2.24, 2.45) is 5.92 Å². The lowest BCUT2D eigenvalue weighted by atomic mass is 9.97. The number of aliphatic carboxylic acids is 1. The molecule has 1 unspecified atom stereocenters. The standard InChI is InChI=1S/C11H21NO2/c1-3-11(2,10(13)14)12-8-9-6-4-5-7-9/h9,12H,3-8H2,1-2H3,(H,13,14). The topological polar surface area (TPSA) is 49.3 Å². The van der Waals surface area contributed by atoms with Gasteiger partial charge in [-0.1, -0.05) is 19.8 Å². The average Bonchev–Trinajstić information content (AvgIpc) is 2.66. The van der Waals surface area contributed by atoms with Crippen LogP contribution in [0, 0.1) is 5.92 Å². The highest BCUT2D eigenvalue weighted by atomic mass is 16.4. The first kappa shape index (κ1) is 11.5. The summed E-state index contributed by atoms with van der Waals surface area (Å²) in [5, 5.41) is 12.2. The van der Waals surface area contributed by atoms with Gasteiger partial charge in [0.2, 0.25) is 0 Å². The molecule has 1 aliphatic carbocycles.